The van der Waals surface area contributed by atoms with E-state index < -0.39 is 0 Å². The number of aliphatic imine (C=N–C) groups is 1. The van der Waals surface area contributed by atoms with Crippen LogP contribution in [0.4, 0.5) is 5.69 Å². The normalized spacial score (nSPS) is 11.3. The van der Waals surface area contributed by atoms with Crippen molar-refractivity contribution in [3.8, 4) is 11.4 Å². The largest absolute Gasteiger partial charge is 0.508 e. The summed E-state index contributed by atoms with van der Waals surface area (Å²) in [5.41, 5.74) is 5.07. The Hall–Kier alpha value is -2.52. The third kappa shape index (κ3) is 3.30. The molecule has 0 radical (unpaired) electrons. The summed E-state index contributed by atoms with van der Waals surface area (Å²) in [6.07, 6.45) is 1.82. The Bertz CT molecular complexity index is 864. The molecule has 1 heterocycles. The summed E-state index contributed by atoms with van der Waals surface area (Å²) < 4.78 is 2.17. The summed E-state index contributed by atoms with van der Waals surface area (Å²) in [6.45, 7) is 4.12. The number of hydrogen-bond acceptors (Lipinski definition) is 2. The third-order valence-electron chi connectivity index (χ3n) is 3.74. The summed E-state index contributed by atoms with van der Waals surface area (Å²) in [6, 6.07) is 16.8. The fraction of sp³-hybridized carbons (Fsp3) is 0.105. The Morgan fingerprint density at radius 1 is 1.04 bits per heavy atom. The molecule has 0 unspecified atom stereocenters. The van der Waals surface area contributed by atoms with Crippen LogP contribution in [-0.4, -0.2) is 15.9 Å². The van der Waals surface area contributed by atoms with E-state index in [4.69, 9.17) is 11.6 Å². The van der Waals surface area contributed by atoms with E-state index >= 15 is 0 Å². The Kier molecular flexibility index (Phi) is 4.22. The van der Waals surface area contributed by atoms with Gasteiger partial charge in [-0.1, -0.05) is 17.7 Å². The second kappa shape index (κ2) is 6.31. The fourth-order valence-electron chi connectivity index (χ4n) is 2.62. The first-order valence-corrected chi connectivity index (χ1v) is 7.70. The van der Waals surface area contributed by atoms with Crippen LogP contribution < -0.4 is 0 Å². The zero-order chi connectivity index (χ0) is 16.4. The molecule has 0 amide bonds. The Morgan fingerprint density at radius 2 is 1.78 bits per heavy atom. The summed E-state index contributed by atoms with van der Waals surface area (Å²) in [5, 5.41) is 10.2. The highest BCUT2D eigenvalue weighted by Crippen LogP contribution is 2.23. The molecule has 0 spiro atoms. The van der Waals surface area contributed by atoms with Gasteiger partial charge in [0.2, 0.25) is 0 Å². The summed E-state index contributed by atoms with van der Waals surface area (Å²) >= 11 is 5.96. The van der Waals surface area contributed by atoms with Crippen molar-refractivity contribution < 1.29 is 5.11 Å². The van der Waals surface area contributed by atoms with Crippen LogP contribution in [0.2, 0.25) is 5.02 Å². The van der Waals surface area contributed by atoms with Crippen LogP contribution in [0.15, 0.2) is 59.6 Å². The number of phenols is 1. The number of hydrogen-bond donors (Lipinski definition) is 1. The van der Waals surface area contributed by atoms with Gasteiger partial charge in [0.25, 0.3) is 0 Å². The molecule has 0 saturated carbocycles. The van der Waals surface area contributed by atoms with Crippen LogP contribution in [0.5, 0.6) is 5.75 Å². The van der Waals surface area contributed by atoms with Crippen molar-refractivity contribution in [1.82, 2.24) is 4.57 Å². The minimum Gasteiger partial charge on any atom is -0.508 e. The number of rotatable bonds is 3. The molecule has 116 valence electrons. The van der Waals surface area contributed by atoms with Gasteiger partial charge >= 0.3 is 0 Å². The monoisotopic (exact) mass is 324 g/mol. The number of phenolic OH excluding ortho intramolecular Hbond substituents is 1. The molecule has 2 aromatic carbocycles. The Balaban J connectivity index is 1.96. The molecule has 0 aliphatic carbocycles. The van der Waals surface area contributed by atoms with Crippen molar-refractivity contribution >= 4 is 23.5 Å². The van der Waals surface area contributed by atoms with Gasteiger partial charge in [0.15, 0.2) is 0 Å². The molecule has 23 heavy (non-hydrogen) atoms. The van der Waals surface area contributed by atoms with Crippen LogP contribution in [0.3, 0.4) is 0 Å². The maximum Gasteiger partial charge on any atom is 0.117 e. The molecule has 1 N–H and O–H groups in total. The van der Waals surface area contributed by atoms with Crippen LogP contribution in [-0.2, 0) is 0 Å². The summed E-state index contributed by atoms with van der Waals surface area (Å²) in [7, 11) is 0. The zero-order valence-corrected chi connectivity index (χ0v) is 13.7. The second-order valence-corrected chi connectivity index (χ2v) is 5.85. The van der Waals surface area contributed by atoms with Crippen LogP contribution >= 0.6 is 11.6 Å². The number of aromatic nitrogens is 1. The predicted molar refractivity (Wildman–Crippen MR) is 95.6 cm³/mol. The van der Waals surface area contributed by atoms with Gasteiger partial charge in [-0.25, -0.2) is 0 Å². The average Bonchev–Trinajstić information content (AvgIpc) is 2.81. The van der Waals surface area contributed by atoms with Gasteiger partial charge in [-0.3, -0.25) is 4.99 Å². The number of aryl methyl sites for hydroxylation is 1. The lowest BCUT2D eigenvalue weighted by atomic mass is 10.2. The van der Waals surface area contributed by atoms with Crippen molar-refractivity contribution in [2.75, 3.05) is 0 Å². The van der Waals surface area contributed by atoms with E-state index in [0.717, 1.165) is 33.3 Å². The minimum absolute atomic E-state index is 0.214. The first-order valence-electron chi connectivity index (χ1n) is 7.32. The van der Waals surface area contributed by atoms with Crippen LogP contribution in [0.25, 0.3) is 5.69 Å². The highest BCUT2D eigenvalue weighted by Gasteiger charge is 2.09. The van der Waals surface area contributed by atoms with Crippen molar-refractivity contribution in [2.24, 2.45) is 4.99 Å². The lowest BCUT2D eigenvalue weighted by Gasteiger charge is -2.09. The van der Waals surface area contributed by atoms with Gasteiger partial charge in [-0.05, 0) is 56.3 Å². The molecule has 0 aliphatic rings. The highest BCUT2D eigenvalue weighted by molar-refractivity contribution is 6.30. The molecule has 0 fully saturated rings. The van der Waals surface area contributed by atoms with Gasteiger partial charge in [-0.2, -0.15) is 0 Å². The minimum atomic E-state index is 0.214. The number of nitrogens with zero attached hydrogens (tertiary/aromatic N) is 2. The lowest BCUT2D eigenvalue weighted by Crippen LogP contribution is -1.99. The smallest absolute Gasteiger partial charge is 0.117 e. The fourth-order valence-corrected chi connectivity index (χ4v) is 2.75. The van der Waals surface area contributed by atoms with Gasteiger partial charge in [0.05, 0.1) is 5.69 Å². The Morgan fingerprint density at radius 3 is 2.48 bits per heavy atom. The molecule has 0 saturated heterocycles. The zero-order valence-electron chi connectivity index (χ0n) is 13.0. The molecular formula is C19H17ClN2O. The molecular weight excluding hydrogens is 308 g/mol. The quantitative estimate of drug-likeness (QED) is 0.660. The maximum atomic E-state index is 9.50. The van der Waals surface area contributed by atoms with Crippen molar-refractivity contribution in [3.63, 3.8) is 0 Å². The molecule has 3 rings (SSSR count). The van der Waals surface area contributed by atoms with E-state index in [1.807, 2.05) is 36.5 Å². The first kappa shape index (κ1) is 15.4. The summed E-state index contributed by atoms with van der Waals surface area (Å²) in [5.74, 6) is 0.214. The highest BCUT2D eigenvalue weighted by atomic mass is 35.5. The van der Waals surface area contributed by atoms with Crippen LogP contribution in [0, 0.1) is 13.8 Å². The molecule has 3 aromatic rings. The van der Waals surface area contributed by atoms with E-state index in [1.165, 1.54) is 0 Å². The molecule has 0 aliphatic heterocycles. The number of benzene rings is 2. The number of aromatic hydroxyl groups is 1. The first-order chi connectivity index (χ1) is 11.0. The van der Waals surface area contributed by atoms with Crippen molar-refractivity contribution in [2.45, 2.75) is 13.8 Å². The molecule has 1 aromatic heterocycles. The number of halogens is 1. The molecule has 0 bridgehead atoms. The van der Waals surface area contributed by atoms with Gasteiger partial charge < -0.3 is 9.67 Å². The third-order valence-corrected chi connectivity index (χ3v) is 3.99. The molecule has 0 atom stereocenters. The standard InChI is InChI=1S/C19H17ClN2O/c1-13-10-15(12-21-17-4-3-5-19(23)11-17)14(2)22(13)18-8-6-16(20)7-9-18/h3-12,23H,1-2H3. The van der Waals surface area contributed by atoms with Crippen molar-refractivity contribution in [1.29, 1.82) is 0 Å². The van der Waals surface area contributed by atoms with Gasteiger partial charge in [-0.15, -0.1) is 0 Å². The SMILES string of the molecule is Cc1cc(C=Nc2cccc(O)c2)c(C)n1-c1ccc(Cl)cc1. The Labute approximate surface area is 140 Å². The lowest BCUT2D eigenvalue weighted by molar-refractivity contribution is 0.475. The topological polar surface area (TPSA) is 37.5 Å². The van der Waals surface area contributed by atoms with Crippen LogP contribution in [0.1, 0.15) is 17.0 Å². The molecule has 4 heteroatoms. The maximum absolute atomic E-state index is 9.50. The molecule has 3 nitrogen and oxygen atoms in total. The van der Waals surface area contributed by atoms with Gasteiger partial charge in [0, 0.05) is 39.9 Å². The van der Waals surface area contributed by atoms with E-state index in [-0.39, 0.29) is 5.75 Å². The predicted octanol–water partition coefficient (Wildman–Crippen LogP) is 5.20. The van der Waals surface area contributed by atoms with E-state index in [0.29, 0.717) is 0 Å². The van der Waals surface area contributed by atoms with E-state index in [1.54, 1.807) is 18.2 Å². The summed E-state index contributed by atoms with van der Waals surface area (Å²) in [4.78, 5) is 4.44. The van der Waals surface area contributed by atoms with E-state index in [2.05, 4.69) is 29.5 Å². The van der Waals surface area contributed by atoms with E-state index in [9.17, 15) is 5.11 Å². The average molecular weight is 325 g/mol. The van der Waals surface area contributed by atoms with Crippen molar-refractivity contribution in [3.05, 3.63) is 76.6 Å². The second-order valence-electron chi connectivity index (χ2n) is 5.42. The van der Waals surface area contributed by atoms with Gasteiger partial charge in [0.1, 0.15) is 5.75 Å².